The highest BCUT2D eigenvalue weighted by Gasteiger charge is 2.16. The molecule has 0 spiro atoms. The van der Waals surface area contributed by atoms with Crippen molar-refractivity contribution in [1.82, 2.24) is 5.32 Å². The molecule has 39 valence electrons. The summed E-state index contributed by atoms with van der Waals surface area (Å²) in [7, 11) is 0. The summed E-state index contributed by atoms with van der Waals surface area (Å²) < 4.78 is 4.72. The molecule has 0 aliphatic carbocycles. The smallest absolute Gasteiger partial charge is 0.248 e. The van der Waals surface area contributed by atoms with Crippen molar-refractivity contribution in [2.45, 2.75) is 6.92 Å². The summed E-state index contributed by atoms with van der Waals surface area (Å²) in [5, 5.41) is 2.47. The normalized spacial score (nSPS) is 22.7. The van der Waals surface area contributed by atoms with E-state index in [1.165, 1.54) is 0 Å². The Morgan fingerprint density at radius 2 is 2.57 bits per heavy atom. The Kier molecular flexibility index (Phi) is 0.982. The number of nitrogens with one attached hydrogen (secondary N) is 1. The third-order valence-corrected chi connectivity index (χ3v) is 0.735. The fraction of sp³-hybridized carbons (Fsp3) is 0.500. The van der Waals surface area contributed by atoms with E-state index in [9.17, 15) is 4.79 Å². The van der Waals surface area contributed by atoms with Crippen LogP contribution in [0.1, 0.15) is 6.92 Å². The average Bonchev–Trinajstić information content (AvgIpc) is 1.87. The van der Waals surface area contributed by atoms with Gasteiger partial charge in [-0.25, -0.2) is 0 Å². The van der Waals surface area contributed by atoms with Crippen molar-refractivity contribution < 1.29 is 9.53 Å². The summed E-state index contributed by atoms with van der Waals surface area (Å²) >= 11 is 0. The molecule has 3 heteroatoms. The van der Waals surface area contributed by atoms with Crippen LogP contribution in [0.2, 0.25) is 0 Å². The maximum absolute atomic E-state index is 10.2. The molecule has 1 saturated heterocycles. The fourth-order valence-corrected chi connectivity index (χ4v) is 0.442. The van der Waals surface area contributed by atoms with Crippen molar-refractivity contribution in [3.63, 3.8) is 0 Å². The number of carbonyl (C=O) groups excluding carboxylic acids is 1. The Morgan fingerprint density at radius 3 is 2.71 bits per heavy atom. The van der Waals surface area contributed by atoms with Crippen molar-refractivity contribution in [2.75, 3.05) is 6.61 Å². The van der Waals surface area contributed by atoms with E-state index in [4.69, 9.17) is 4.74 Å². The largest absolute Gasteiger partial charge is 0.341 e. The van der Waals surface area contributed by atoms with Gasteiger partial charge >= 0.3 is 0 Å². The summed E-state index contributed by atoms with van der Waals surface area (Å²) in [6, 6.07) is 0. The minimum absolute atomic E-state index is 0.0579. The lowest BCUT2D eigenvalue weighted by molar-refractivity contribution is -0.119. The highest BCUT2D eigenvalue weighted by atomic mass is 16.5. The molecule has 1 radical (unpaired) electrons. The third-order valence-electron chi connectivity index (χ3n) is 0.735. The van der Waals surface area contributed by atoms with Crippen LogP contribution in [0.4, 0.5) is 0 Å². The molecule has 0 unspecified atom stereocenters. The van der Waals surface area contributed by atoms with Crippen molar-refractivity contribution >= 4 is 5.91 Å². The van der Waals surface area contributed by atoms with Gasteiger partial charge in [-0.2, -0.15) is 0 Å². The second kappa shape index (κ2) is 1.50. The van der Waals surface area contributed by atoms with Gasteiger partial charge in [0.2, 0.25) is 5.91 Å². The number of hydrogen-bond acceptors (Lipinski definition) is 2. The molecule has 0 atom stereocenters. The summed E-state index contributed by atoms with van der Waals surface area (Å²) in [6.07, 6.45) is 0.602. The van der Waals surface area contributed by atoms with Gasteiger partial charge in [0.05, 0.1) is 0 Å². The molecule has 1 N–H and O–H groups in total. The molecule has 1 fully saturated rings. The Morgan fingerprint density at radius 1 is 1.86 bits per heavy atom. The van der Waals surface area contributed by atoms with E-state index < -0.39 is 0 Å². The highest BCUT2D eigenvalue weighted by molar-refractivity contribution is 5.80. The van der Waals surface area contributed by atoms with Gasteiger partial charge in [-0.3, -0.25) is 4.79 Å². The molecule has 0 aromatic rings. The Bertz CT molecular complexity index is 91.7. The van der Waals surface area contributed by atoms with Crippen molar-refractivity contribution in [1.29, 1.82) is 0 Å². The van der Waals surface area contributed by atoms with Crippen LogP contribution in [0, 0.1) is 6.23 Å². The molecular weight excluding hydrogens is 94.0 g/mol. The van der Waals surface area contributed by atoms with E-state index in [1.807, 2.05) is 0 Å². The monoisotopic (exact) mass is 100 g/mol. The second-order valence-electron chi connectivity index (χ2n) is 1.39. The number of hydrogen-bond donors (Lipinski definition) is 1. The first kappa shape index (κ1) is 4.59. The van der Waals surface area contributed by atoms with E-state index in [-0.39, 0.29) is 12.5 Å². The van der Waals surface area contributed by atoms with Gasteiger partial charge in [0.1, 0.15) is 6.61 Å². The molecule has 0 bridgehead atoms. The lowest BCUT2D eigenvalue weighted by atomic mass is 10.6. The van der Waals surface area contributed by atoms with Gasteiger partial charge in [-0.15, -0.1) is 0 Å². The highest BCUT2D eigenvalue weighted by Crippen LogP contribution is 2.00. The Balaban J connectivity index is 2.40. The molecule has 0 aromatic carbocycles. The van der Waals surface area contributed by atoms with Crippen LogP contribution in [0.5, 0.6) is 0 Å². The number of rotatable bonds is 0. The zero-order valence-electron chi connectivity index (χ0n) is 4.02. The fourth-order valence-electron chi connectivity index (χ4n) is 0.442. The van der Waals surface area contributed by atoms with Gasteiger partial charge in [0, 0.05) is 0 Å². The zero-order chi connectivity index (χ0) is 5.28. The van der Waals surface area contributed by atoms with E-state index in [0.717, 1.165) is 0 Å². The maximum Gasteiger partial charge on any atom is 0.248 e. The molecule has 0 saturated carbocycles. The van der Waals surface area contributed by atoms with E-state index in [0.29, 0.717) is 6.23 Å². The summed E-state index contributed by atoms with van der Waals surface area (Å²) in [5.74, 6) is -0.0579. The SMILES string of the molecule is C[C]1NC(=O)CO1. The third kappa shape index (κ3) is 0.899. The lowest BCUT2D eigenvalue weighted by Crippen LogP contribution is -2.16. The summed E-state index contributed by atoms with van der Waals surface area (Å²) in [6.45, 7) is 1.90. The van der Waals surface area contributed by atoms with Crippen LogP contribution in [0.3, 0.4) is 0 Å². The van der Waals surface area contributed by atoms with Crippen molar-refractivity contribution in [2.24, 2.45) is 0 Å². The number of ether oxygens (including phenoxy) is 1. The summed E-state index contributed by atoms with van der Waals surface area (Å²) in [5.41, 5.74) is 0. The van der Waals surface area contributed by atoms with Crippen LogP contribution in [0.15, 0.2) is 0 Å². The molecule has 0 aromatic heterocycles. The summed E-state index contributed by atoms with van der Waals surface area (Å²) in [4.78, 5) is 10.2. The molecule has 1 rings (SSSR count). The first-order chi connectivity index (χ1) is 3.29. The van der Waals surface area contributed by atoms with Crippen molar-refractivity contribution in [3.05, 3.63) is 6.23 Å². The second-order valence-corrected chi connectivity index (χ2v) is 1.39. The van der Waals surface area contributed by atoms with Gasteiger partial charge in [-0.05, 0) is 6.92 Å². The van der Waals surface area contributed by atoms with Gasteiger partial charge in [0.25, 0.3) is 0 Å². The molecule has 3 nitrogen and oxygen atoms in total. The van der Waals surface area contributed by atoms with Gasteiger partial charge < -0.3 is 10.1 Å². The van der Waals surface area contributed by atoms with Gasteiger partial charge in [-0.1, -0.05) is 0 Å². The molecule has 7 heavy (non-hydrogen) atoms. The maximum atomic E-state index is 10.2. The van der Waals surface area contributed by atoms with Crippen molar-refractivity contribution in [3.8, 4) is 0 Å². The lowest BCUT2D eigenvalue weighted by Gasteiger charge is -1.93. The zero-order valence-corrected chi connectivity index (χ0v) is 4.02. The van der Waals surface area contributed by atoms with Crippen LogP contribution < -0.4 is 5.32 Å². The Hall–Kier alpha value is -0.570. The van der Waals surface area contributed by atoms with Crippen LogP contribution in [-0.4, -0.2) is 12.5 Å². The first-order valence-electron chi connectivity index (χ1n) is 2.05. The molecule has 1 amide bonds. The molecular formula is C4H6NO2. The van der Waals surface area contributed by atoms with Gasteiger partial charge in [0.15, 0.2) is 6.23 Å². The van der Waals surface area contributed by atoms with Crippen LogP contribution in [-0.2, 0) is 9.53 Å². The van der Waals surface area contributed by atoms with Crippen LogP contribution >= 0.6 is 0 Å². The predicted octanol–water partition coefficient (Wildman–Crippen LogP) is -0.358. The first-order valence-corrected chi connectivity index (χ1v) is 2.05. The van der Waals surface area contributed by atoms with Crippen LogP contribution in [0.25, 0.3) is 0 Å². The molecule has 1 aliphatic rings. The molecule has 1 heterocycles. The predicted molar refractivity (Wildman–Crippen MR) is 23.0 cm³/mol. The standard InChI is InChI=1S/C4H6NO2/c1-3-5-4(6)2-7-3/h2H2,1H3,(H,5,6). The average molecular weight is 100 g/mol. The molecule has 1 aliphatic heterocycles. The number of amides is 1. The quantitative estimate of drug-likeness (QED) is 0.451. The minimum Gasteiger partial charge on any atom is -0.341 e. The van der Waals surface area contributed by atoms with E-state index in [1.54, 1.807) is 6.92 Å². The Labute approximate surface area is 41.7 Å². The van der Waals surface area contributed by atoms with E-state index in [2.05, 4.69) is 5.32 Å². The minimum atomic E-state index is -0.0579. The van der Waals surface area contributed by atoms with E-state index >= 15 is 0 Å². The topological polar surface area (TPSA) is 38.3 Å². The number of carbonyl (C=O) groups is 1.